The van der Waals surface area contributed by atoms with Crippen molar-refractivity contribution < 1.29 is 84.5 Å². The van der Waals surface area contributed by atoms with Crippen LogP contribution in [0.15, 0.2) is 56.7 Å². The van der Waals surface area contributed by atoms with Crippen LogP contribution in [-0.2, 0) is 55.1 Å². The summed E-state index contributed by atoms with van der Waals surface area (Å²) >= 11 is 11.5. The van der Waals surface area contributed by atoms with Crippen LogP contribution in [0.5, 0.6) is 0 Å². The zero-order valence-electron chi connectivity index (χ0n) is 77.0. The van der Waals surface area contributed by atoms with Crippen LogP contribution in [-0.4, -0.2) is 255 Å². The van der Waals surface area contributed by atoms with Crippen LogP contribution in [0, 0.1) is 35.5 Å². The van der Waals surface area contributed by atoms with Crippen LogP contribution >= 0.6 is 83.5 Å². The van der Waals surface area contributed by atoms with Gasteiger partial charge >= 0.3 is 12.1 Å². The second kappa shape index (κ2) is 65.2. The second-order valence-electron chi connectivity index (χ2n) is 32.2. The molecule has 40 heteroatoms. The smallest absolute Gasteiger partial charge is 0.407 e. The number of halogens is 3. The number of Topliss-reactive ketones (excluding diaryl/α,β-unsaturated/α-hetero) is 1. The quantitative estimate of drug-likeness (QED) is 0.0159. The Morgan fingerprint density at radius 1 is 0.484 bits per heavy atom. The number of hydrogen-bond acceptors (Lipinski definition) is 34. The van der Waals surface area contributed by atoms with Gasteiger partial charge in [0.1, 0.15) is 28.2 Å². The molecule has 0 aliphatic heterocycles. The monoisotopic (exact) mass is 1910 g/mol. The van der Waals surface area contributed by atoms with E-state index in [-0.39, 0.29) is 185 Å². The first-order chi connectivity index (χ1) is 58.1. The lowest BCUT2D eigenvalue weighted by molar-refractivity contribution is -0.140. The van der Waals surface area contributed by atoms with Crippen LogP contribution in [0.1, 0.15) is 237 Å². The number of hydrogen-bond donors (Lipinski definition) is 17. The van der Waals surface area contributed by atoms with E-state index in [9.17, 15) is 64.8 Å². The number of aromatic nitrogens is 8. The molecule has 0 radical (unpaired) electrons. The van der Waals surface area contributed by atoms with E-state index in [1.807, 2.05) is 87.3 Å². The molecule has 0 aromatic carbocycles. The van der Waals surface area contributed by atoms with Crippen molar-refractivity contribution in [2.75, 3.05) is 67.2 Å². The highest BCUT2D eigenvalue weighted by atomic mass is 35.5. The number of aliphatic hydroxyl groups is 10. The predicted molar refractivity (Wildman–Crippen MR) is 509 cm³/mol. The van der Waals surface area contributed by atoms with Crippen LogP contribution in [0.3, 0.4) is 0 Å². The molecule has 7 aliphatic rings. The van der Waals surface area contributed by atoms with Crippen LogP contribution < -0.4 is 37.6 Å². The summed E-state index contributed by atoms with van der Waals surface area (Å²) in [4.78, 5) is 89.3. The Balaban J connectivity index is 0. The van der Waals surface area contributed by atoms with Crippen molar-refractivity contribution >= 4 is 131 Å². The van der Waals surface area contributed by atoms with E-state index in [1.54, 1.807) is 32.4 Å². The van der Waals surface area contributed by atoms with Crippen molar-refractivity contribution in [3.8, 4) is 0 Å². The van der Waals surface area contributed by atoms with E-state index in [0.717, 1.165) is 82.7 Å². The fourth-order valence-corrected chi connectivity index (χ4v) is 15.6. The van der Waals surface area contributed by atoms with E-state index < -0.39 is 11.7 Å². The average molecular weight is 1920 g/mol. The fourth-order valence-electron chi connectivity index (χ4n) is 13.9. The van der Waals surface area contributed by atoms with Crippen molar-refractivity contribution in [2.45, 2.75) is 341 Å². The molecule has 11 rings (SSSR count). The maximum Gasteiger partial charge on any atom is 0.407 e. The molecule has 7 aliphatic carbocycles. The number of amides is 3. The Bertz CT molecular complexity index is 3610. The van der Waals surface area contributed by atoms with E-state index in [0.29, 0.717) is 96.4 Å². The Labute approximate surface area is 783 Å². The van der Waals surface area contributed by atoms with Crippen LogP contribution in [0.4, 0.5) is 22.2 Å². The van der Waals surface area contributed by atoms with Crippen molar-refractivity contribution in [3.05, 3.63) is 63.5 Å². The number of allylic oxidation sites excluding steroid dienone is 2. The molecule has 6 saturated carbocycles. The fraction of sp³-hybridized carbons (Fsp3) is 0.733. The number of aliphatic hydroxyl groups excluding tert-OH is 10. The Hall–Kier alpha value is -5.40. The van der Waals surface area contributed by atoms with E-state index in [1.165, 1.54) is 93.6 Å². The minimum atomic E-state index is -0.468. The summed E-state index contributed by atoms with van der Waals surface area (Å²) in [5.41, 5.74) is 9.29. The molecule has 9 unspecified atom stereocenters. The number of ketones is 1. The Morgan fingerprint density at radius 2 is 0.794 bits per heavy atom. The third-order valence-corrected chi connectivity index (χ3v) is 25.0. The maximum absolute atomic E-state index is 11.5. The number of nitrogens with one attached hydrogen (secondary N) is 6. The first kappa shape index (κ1) is 123. The van der Waals surface area contributed by atoms with Gasteiger partial charge in [-0.15, -0.1) is 24.8 Å². The number of ether oxygens (including phenoxy) is 2. The highest BCUT2D eigenvalue weighted by molar-refractivity contribution is 7.99. The topological polar surface area (TPSA) is 511 Å². The van der Waals surface area contributed by atoms with Gasteiger partial charge in [-0.05, 0) is 169 Å². The molecule has 126 heavy (non-hydrogen) atoms. The zero-order chi connectivity index (χ0) is 93.0. The number of carbonyl (C=O) groups is 5. The molecule has 4 aromatic heterocycles. The molecule has 18 N–H and O–H groups in total. The first-order valence-electron chi connectivity index (χ1n) is 42.5. The lowest BCUT2D eigenvalue weighted by atomic mass is 10.0. The molecular formula is C86H153Cl3N16O17S4. The van der Waals surface area contributed by atoms with Gasteiger partial charge in [-0.2, -0.15) is 0 Å². The highest BCUT2D eigenvalue weighted by Gasteiger charge is 2.37. The molecule has 3 amide bonds. The summed E-state index contributed by atoms with van der Waals surface area (Å²) < 4.78 is 9.55. The summed E-state index contributed by atoms with van der Waals surface area (Å²) in [6, 6.07) is 1.07. The number of thioether (sulfide) groups is 4. The molecule has 724 valence electrons. The SMILES string of the molecule is C.CC(=O)NC1=C(C)C(=O)CC1.CC(=O)NC1CCC(O)C1C.CC1C(N)CCC1O.CC1C(O)CCC1NC(=O)OC(C)(C)C.CCN(CC)CC.CCOC(C)=O.CSc1ncc(CO)c(Cl)n1.CSc1ncc(CO)c(N[C@@H]2CC[C@@H](O)[C@@H]2C)n1.CSc1ncc(CO)c(N[C@@H]2CC[C@@H](O)[C@H]2C)n1.CSc1ncc(CO)c(N[C@@H]2CC[C@H](O)[C@@H]2C)n1.Cl.Cl. The molecule has 4 heterocycles. The summed E-state index contributed by atoms with van der Waals surface area (Å²) in [6.07, 6.45) is 23.9. The first-order valence-corrected chi connectivity index (χ1v) is 47.8. The van der Waals surface area contributed by atoms with Crippen molar-refractivity contribution in [2.24, 2.45) is 41.2 Å². The van der Waals surface area contributed by atoms with E-state index >= 15 is 0 Å². The number of anilines is 3. The molecule has 18 atom stereocenters. The lowest BCUT2D eigenvalue weighted by Gasteiger charge is -2.23. The molecule has 33 nitrogen and oxygen atoms in total. The second-order valence-corrected chi connectivity index (χ2v) is 35.7. The van der Waals surface area contributed by atoms with Gasteiger partial charge in [0.25, 0.3) is 0 Å². The minimum absolute atomic E-state index is 0. The van der Waals surface area contributed by atoms with E-state index in [2.05, 4.69) is 102 Å². The highest BCUT2D eigenvalue weighted by Crippen LogP contribution is 2.34. The predicted octanol–water partition coefficient (Wildman–Crippen LogP) is 11.3. The van der Waals surface area contributed by atoms with Crippen molar-refractivity contribution in [1.82, 2.24) is 60.7 Å². The largest absolute Gasteiger partial charge is 0.466 e. The number of nitrogens with zero attached hydrogens (tertiary/aromatic N) is 9. The summed E-state index contributed by atoms with van der Waals surface area (Å²) in [7, 11) is 0. The molecule has 0 bridgehead atoms. The van der Waals surface area contributed by atoms with E-state index in [4.69, 9.17) is 32.3 Å². The van der Waals surface area contributed by atoms with Gasteiger partial charge in [-0.1, -0.05) is 128 Å². The molecule has 4 aromatic rings. The Morgan fingerprint density at radius 3 is 1.00 bits per heavy atom. The lowest BCUT2D eigenvalue weighted by Crippen LogP contribution is -2.41. The van der Waals surface area contributed by atoms with Gasteiger partial charge in [-0.3, -0.25) is 19.2 Å². The molecule has 6 fully saturated rings. The normalized spacial score (nSPS) is 25.1. The number of nitrogens with two attached hydrogens (primary N) is 1. The summed E-state index contributed by atoms with van der Waals surface area (Å²) in [6.45, 7) is 35.6. The average Bonchev–Trinajstić information content (AvgIpc) is 1.37. The third-order valence-electron chi connectivity index (χ3n) is 22.4. The minimum Gasteiger partial charge on any atom is -0.466 e. The number of rotatable bonds is 21. The summed E-state index contributed by atoms with van der Waals surface area (Å²) in [5.74, 6) is 3.11. The number of esters is 1. The molecular weight excluding hydrogens is 1760 g/mol. The zero-order valence-corrected chi connectivity index (χ0v) is 82.7. The molecule has 0 spiro atoms. The molecule has 0 saturated heterocycles. The van der Waals surface area contributed by atoms with Crippen molar-refractivity contribution in [3.63, 3.8) is 0 Å². The maximum atomic E-state index is 11.5. The summed E-state index contributed by atoms with van der Waals surface area (Å²) in [5, 5.41) is 115. The van der Waals surface area contributed by atoms with Crippen molar-refractivity contribution in [1.29, 1.82) is 0 Å². The number of carbonyl (C=O) groups excluding carboxylic acids is 5. The number of alkyl carbamates (subject to hydrolysis) is 1. The van der Waals surface area contributed by atoms with Gasteiger partial charge in [0.15, 0.2) is 26.4 Å². The van der Waals surface area contributed by atoms with Gasteiger partial charge in [0.2, 0.25) is 11.8 Å². The standard InChI is InChI=1S/3C12H19N3O2S.C11H21NO3.C8H15NO2.C8H11NO2.C6H7ClN2OS.C6H13NO.C6H15N.C4H8O2.CH4.2ClH/c3*1-7-9(3-4-10(7)17)14-11-8(6-16)5-13-12(15-11)18-2;1-7-8(5-6-9(7)13)12-10(14)15-11(2,3)4;2*1-5-7(9-6(2)10)3-4-8(5)11;1-11-6-8-2-4(3-10)5(7)9-6;1-4-5(7)2-3-6(4)8;1-4-7(5-2)6-3;1-3-6-4(2)5;;;/h3*5,7,9-10,16-17H,3-4,6H2,1-2H3,(H,13,14,15);7-9,13H,5-6H2,1-4H3,(H,12,14);5,7-8,11H,3-4H2,1-2H3,(H,9,10);3-4H2,1-2H3,(H,9,10);2,10H,3H2,1H3;4-6,8H,2-3,7H2,1H3;4-6H2,1-3H3;3H2,1-2H3;1H4;2*1H/t7-,9+,10+;7-,9-,10+;7-,9-,10-;;;;;;;;;;/m011........../s1. The third kappa shape index (κ3) is 44.7. The van der Waals surface area contributed by atoms with Gasteiger partial charge in [0.05, 0.1) is 69.7 Å². The van der Waals surface area contributed by atoms with Crippen LogP contribution in [0.25, 0.3) is 0 Å². The van der Waals surface area contributed by atoms with Gasteiger partial charge in [-0.25, -0.2) is 44.7 Å². The van der Waals surface area contributed by atoms with Gasteiger partial charge < -0.3 is 103 Å². The van der Waals surface area contributed by atoms with Gasteiger partial charge in [0, 0.05) is 151 Å². The van der Waals surface area contributed by atoms with Crippen LogP contribution in [0.2, 0.25) is 5.15 Å². The Kier molecular flexibility index (Phi) is 63.5.